The van der Waals surface area contributed by atoms with Gasteiger partial charge in [0.1, 0.15) is 5.65 Å². The predicted molar refractivity (Wildman–Crippen MR) is 147 cm³/mol. The molecule has 0 aliphatic carbocycles. The molecule has 1 fully saturated rings. The van der Waals surface area contributed by atoms with E-state index >= 15 is 0 Å². The van der Waals surface area contributed by atoms with Crippen LogP contribution in [0.5, 0.6) is 5.88 Å². The van der Waals surface area contributed by atoms with Gasteiger partial charge in [-0.3, -0.25) is 4.90 Å². The molecule has 1 atom stereocenters. The fourth-order valence-electron chi connectivity index (χ4n) is 4.47. The number of halogens is 1. The lowest BCUT2D eigenvalue weighted by Gasteiger charge is -2.31. The number of hydrogen-bond donors (Lipinski definition) is 1. The van der Waals surface area contributed by atoms with Gasteiger partial charge in [-0.15, -0.1) is 0 Å². The lowest BCUT2D eigenvalue weighted by Crippen LogP contribution is -2.38. The van der Waals surface area contributed by atoms with E-state index in [9.17, 15) is 0 Å². The molecule has 0 bridgehead atoms. The number of rotatable bonds is 6. The molecule has 1 unspecified atom stereocenters. The van der Waals surface area contributed by atoms with Gasteiger partial charge in [0.25, 0.3) is 0 Å². The molecule has 34 heavy (non-hydrogen) atoms. The first-order valence-electron chi connectivity index (χ1n) is 11.4. The predicted octanol–water partition coefficient (Wildman–Crippen LogP) is 5.96. The van der Waals surface area contributed by atoms with Crippen molar-refractivity contribution in [2.75, 3.05) is 32.2 Å². The zero-order valence-electron chi connectivity index (χ0n) is 19.9. The van der Waals surface area contributed by atoms with Crippen LogP contribution in [-0.4, -0.2) is 58.2 Å². The number of piperidine rings is 1. The Kier molecular flexibility index (Phi) is 8.53. The van der Waals surface area contributed by atoms with Gasteiger partial charge in [0, 0.05) is 66.9 Å². The second-order valence-electron chi connectivity index (χ2n) is 8.34. The maximum atomic E-state index is 5.56. The number of nitrogens with one attached hydrogen (secondary N) is 1. The molecule has 4 aromatic rings. The molecule has 1 N–H and O–H groups in total. The van der Waals surface area contributed by atoms with Crippen molar-refractivity contribution in [3.05, 3.63) is 66.6 Å². The number of aromatic amines is 1. The molecule has 1 saturated heterocycles. The second-order valence-corrected chi connectivity index (χ2v) is 8.34. The maximum absolute atomic E-state index is 5.56. The number of methoxy groups -OCH3 is 2. The van der Waals surface area contributed by atoms with E-state index in [1.54, 1.807) is 7.11 Å². The van der Waals surface area contributed by atoms with Crippen molar-refractivity contribution in [1.29, 1.82) is 0 Å². The third kappa shape index (κ3) is 5.59. The van der Waals surface area contributed by atoms with Gasteiger partial charge in [-0.1, -0.05) is 46.9 Å². The number of fused-ring (bicyclic) bond motifs is 1. The van der Waals surface area contributed by atoms with E-state index in [4.69, 9.17) is 9.47 Å². The zero-order chi connectivity index (χ0) is 23.9. The van der Waals surface area contributed by atoms with Crippen LogP contribution in [-0.2, 0) is 11.3 Å². The van der Waals surface area contributed by atoms with E-state index < -0.39 is 0 Å². The number of nitrogens with zero attached hydrogens (tertiary/aromatic N) is 3. The highest BCUT2D eigenvalue weighted by Crippen LogP contribution is 2.31. The van der Waals surface area contributed by atoms with E-state index in [0.717, 1.165) is 59.3 Å². The largest absolute Gasteiger partial charge is 0.481 e. The lowest BCUT2D eigenvalue weighted by molar-refractivity contribution is 0.0285. The summed E-state index contributed by atoms with van der Waals surface area (Å²) in [5, 5.41) is 1.08. The van der Waals surface area contributed by atoms with Gasteiger partial charge in [0.15, 0.2) is 0 Å². The average molecular weight is 570 g/mol. The molecule has 0 saturated carbocycles. The molecule has 178 valence electrons. The Morgan fingerprint density at radius 3 is 2.47 bits per heavy atom. The summed E-state index contributed by atoms with van der Waals surface area (Å²) in [6.45, 7) is 3.11. The highest BCUT2D eigenvalue weighted by atomic mass is 127. The third-order valence-corrected chi connectivity index (χ3v) is 6.28. The lowest BCUT2D eigenvalue weighted by atomic mass is 10.0. The smallest absolute Gasteiger partial charge is 0.212 e. The minimum atomic E-state index is 0.359. The first-order valence-corrected chi connectivity index (χ1v) is 13.6. The number of pyridine rings is 2. The van der Waals surface area contributed by atoms with Crippen molar-refractivity contribution in [1.82, 2.24) is 19.9 Å². The summed E-state index contributed by atoms with van der Waals surface area (Å²) < 4.78 is 10.7. The number of H-pyrrole nitrogens is 1. The molecule has 7 heteroatoms. The minimum Gasteiger partial charge on any atom is -0.481 e. The molecule has 1 aromatic carbocycles. The first kappa shape index (κ1) is 24.6. The SMILES string of the molecule is CI.COc1ccc(-c2c[nH]c3ncc(-c4ccc(CN5CCCC(OC)C5)cc4)cc23)cn1. The average Bonchev–Trinajstić information content (AvgIpc) is 3.34. The van der Waals surface area contributed by atoms with Gasteiger partial charge < -0.3 is 14.5 Å². The summed E-state index contributed by atoms with van der Waals surface area (Å²) >= 11 is 2.15. The second kappa shape index (κ2) is 11.8. The Morgan fingerprint density at radius 1 is 1.00 bits per heavy atom. The van der Waals surface area contributed by atoms with E-state index in [1.165, 1.54) is 12.0 Å². The third-order valence-electron chi connectivity index (χ3n) is 6.28. The minimum absolute atomic E-state index is 0.359. The monoisotopic (exact) mass is 570 g/mol. The molecule has 5 rings (SSSR count). The molecule has 6 nitrogen and oxygen atoms in total. The van der Waals surface area contributed by atoms with Crippen molar-refractivity contribution in [3.8, 4) is 28.1 Å². The van der Waals surface area contributed by atoms with E-state index in [1.807, 2.05) is 42.8 Å². The van der Waals surface area contributed by atoms with Crippen LogP contribution in [0.15, 0.2) is 61.1 Å². The molecule has 1 aliphatic heterocycles. The Morgan fingerprint density at radius 2 is 1.76 bits per heavy atom. The van der Waals surface area contributed by atoms with Crippen LogP contribution in [0.25, 0.3) is 33.3 Å². The van der Waals surface area contributed by atoms with Crippen molar-refractivity contribution in [3.63, 3.8) is 0 Å². The van der Waals surface area contributed by atoms with Crippen LogP contribution in [0.3, 0.4) is 0 Å². The summed E-state index contributed by atoms with van der Waals surface area (Å²) in [5.74, 6) is 0.606. The van der Waals surface area contributed by atoms with Gasteiger partial charge >= 0.3 is 0 Å². The molecule has 3 aromatic heterocycles. The summed E-state index contributed by atoms with van der Waals surface area (Å²) in [4.78, 5) is 16.7. The Balaban J connectivity index is 0.00000133. The first-order chi connectivity index (χ1) is 16.7. The van der Waals surface area contributed by atoms with Crippen LogP contribution < -0.4 is 4.74 Å². The number of aromatic nitrogens is 3. The number of likely N-dealkylation sites (tertiary alicyclic amines) is 1. The van der Waals surface area contributed by atoms with Crippen molar-refractivity contribution < 1.29 is 9.47 Å². The number of hydrogen-bond acceptors (Lipinski definition) is 5. The van der Waals surface area contributed by atoms with Gasteiger partial charge in [-0.05, 0) is 47.6 Å². The molecule has 1 aliphatic rings. The van der Waals surface area contributed by atoms with Crippen LogP contribution in [0.1, 0.15) is 18.4 Å². The Hall–Kier alpha value is -2.49. The standard InChI is InChI=1S/C26H28N4O2.CH3I/c1-31-22-4-3-11-30(17-22)16-18-5-7-19(8-6-18)21-12-23-24(15-29-26(23)28-14-21)20-9-10-25(32-2)27-13-20;1-2/h5-10,12-15,22H,3-4,11,16-17H2,1-2H3,(H,28,29);1H3. The van der Waals surface area contributed by atoms with E-state index in [-0.39, 0.29) is 0 Å². The maximum Gasteiger partial charge on any atom is 0.212 e. The zero-order valence-corrected chi connectivity index (χ0v) is 22.1. The molecule has 4 heterocycles. The van der Waals surface area contributed by atoms with Gasteiger partial charge in [0.2, 0.25) is 5.88 Å². The summed E-state index contributed by atoms with van der Waals surface area (Å²) in [5.41, 5.74) is 6.57. The van der Waals surface area contributed by atoms with Crippen LogP contribution in [0, 0.1) is 0 Å². The molecule has 0 radical (unpaired) electrons. The summed E-state index contributed by atoms with van der Waals surface area (Å²) in [6, 6.07) is 14.9. The van der Waals surface area contributed by atoms with Crippen molar-refractivity contribution in [2.24, 2.45) is 0 Å². The van der Waals surface area contributed by atoms with Gasteiger partial charge in [-0.2, -0.15) is 0 Å². The van der Waals surface area contributed by atoms with E-state index in [0.29, 0.717) is 12.0 Å². The highest BCUT2D eigenvalue weighted by molar-refractivity contribution is 14.1. The Bertz CT molecular complexity index is 1190. The van der Waals surface area contributed by atoms with Crippen LogP contribution in [0.2, 0.25) is 0 Å². The number of benzene rings is 1. The van der Waals surface area contributed by atoms with Crippen molar-refractivity contribution >= 4 is 33.6 Å². The van der Waals surface area contributed by atoms with Gasteiger partial charge in [-0.25, -0.2) is 9.97 Å². The number of ether oxygens (including phenoxy) is 2. The van der Waals surface area contributed by atoms with Crippen molar-refractivity contribution in [2.45, 2.75) is 25.5 Å². The molecule has 0 amide bonds. The topological polar surface area (TPSA) is 63.3 Å². The highest BCUT2D eigenvalue weighted by Gasteiger charge is 2.19. The molecule has 0 spiro atoms. The Labute approximate surface area is 214 Å². The fraction of sp³-hybridized carbons (Fsp3) is 0.333. The summed E-state index contributed by atoms with van der Waals surface area (Å²) in [7, 11) is 3.44. The summed E-state index contributed by atoms with van der Waals surface area (Å²) in [6.07, 6.45) is 8.47. The molecular formula is C27H31IN4O2. The van der Waals surface area contributed by atoms with Crippen LogP contribution >= 0.6 is 22.6 Å². The van der Waals surface area contributed by atoms with Crippen LogP contribution in [0.4, 0.5) is 0 Å². The van der Waals surface area contributed by atoms with Gasteiger partial charge in [0.05, 0.1) is 13.2 Å². The normalized spacial score (nSPS) is 16.2. The number of alkyl halides is 1. The van der Waals surface area contributed by atoms with E-state index in [2.05, 4.69) is 72.8 Å². The molecular weight excluding hydrogens is 539 g/mol. The quantitative estimate of drug-likeness (QED) is 0.229. The fourth-order valence-corrected chi connectivity index (χ4v) is 4.47.